The molecule has 2 rings (SSSR count). The highest BCUT2D eigenvalue weighted by Crippen LogP contribution is 2.59. The molecule has 14 heavy (non-hydrogen) atoms. The molecule has 80 valence electrons. The van der Waals surface area contributed by atoms with Crippen LogP contribution < -0.4 is 0 Å². The van der Waals surface area contributed by atoms with E-state index in [9.17, 15) is 5.11 Å². The molecule has 0 aromatic carbocycles. The summed E-state index contributed by atoms with van der Waals surface area (Å²) in [5, 5.41) is 10.4. The van der Waals surface area contributed by atoms with Crippen molar-refractivity contribution in [2.45, 2.75) is 59.0 Å². The van der Waals surface area contributed by atoms with Gasteiger partial charge in [-0.1, -0.05) is 38.8 Å². The Hall–Kier alpha value is -0.300. The van der Waals surface area contributed by atoms with E-state index in [1.165, 1.54) is 18.4 Å². The highest BCUT2D eigenvalue weighted by molar-refractivity contribution is 5.33. The molecule has 1 heteroatoms. The Balaban J connectivity index is 2.43. The van der Waals surface area contributed by atoms with Crippen molar-refractivity contribution in [1.82, 2.24) is 0 Å². The molecule has 2 atom stereocenters. The molecule has 0 amide bonds. The molecular weight excluding hydrogens is 172 g/mol. The number of fused-ring (bicyclic) bond motifs is 1. The second-order valence-corrected chi connectivity index (χ2v) is 6.17. The maximum absolute atomic E-state index is 10.4. The maximum atomic E-state index is 10.4. The number of hydrogen-bond acceptors (Lipinski definition) is 1. The summed E-state index contributed by atoms with van der Waals surface area (Å²) < 4.78 is 0. The summed E-state index contributed by atoms with van der Waals surface area (Å²) in [5.74, 6) is 0. The third-order valence-corrected chi connectivity index (χ3v) is 4.69. The van der Waals surface area contributed by atoms with Gasteiger partial charge in [0.25, 0.3) is 0 Å². The van der Waals surface area contributed by atoms with Gasteiger partial charge in [-0.2, -0.15) is 0 Å². The summed E-state index contributed by atoms with van der Waals surface area (Å²) in [4.78, 5) is 0. The Morgan fingerprint density at radius 1 is 1.14 bits per heavy atom. The average molecular weight is 194 g/mol. The van der Waals surface area contributed by atoms with Crippen molar-refractivity contribution in [1.29, 1.82) is 0 Å². The van der Waals surface area contributed by atoms with Crippen molar-refractivity contribution >= 4 is 0 Å². The molecule has 0 radical (unpaired) electrons. The molecule has 0 aromatic heterocycles. The van der Waals surface area contributed by atoms with Gasteiger partial charge in [0.1, 0.15) is 0 Å². The van der Waals surface area contributed by atoms with Crippen LogP contribution in [0.25, 0.3) is 0 Å². The molecule has 2 aliphatic carbocycles. The first-order chi connectivity index (χ1) is 6.30. The van der Waals surface area contributed by atoms with E-state index in [0.29, 0.717) is 5.41 Å². The lowest BCUT2D eigenvalue weighted by Crippen LogP contribution is -2.46. The fourth-order valence-corrected chi connectivity index (χ4v) is 3.49. The zero-order chi connectivity index (χ0) is 10.6. The molecule has 0 aromatic rings. The van der Waals surface area contributed by atoms with E-state index in [0.717, 1.165) is 12.8 Å². The average Bonchev–Trinajstić information content (AvgIpc) is 2.23. The number of rotatable bonds is 0. The Morgan fingerprint density at radius 3 is 2.36 bits per heavy atom. The molecule has 0 spiro atoms. The van der Waals surface area contributed by atoms with E-state index in [1.807, 2.05) is 6.92 Å². The van der Waals surface area contributed by atoms with Gasteiger partial charge in [-0.05, 0) is 31.6 Å². The predicted molar refractivity (Wildman–Crippen MR) is 59.1 cm³/mol. The maximum Gasteiger partial charge on any atom is 0.0744 e. The highest BCUT2D eigenvalue weighted by Gasteiger charge is 2.54. The van der Waals surface area contributed by atoms with Crippen LogP contribution in [0.5, 0.6) is 0 Å². The van der Waals surface area contributed by atoms with Gasteiger partial charge in [0, 0.05) is 5.41 Å². The zero-order valence-electron chi connectivity index (χ0n) is 9.85. The molecule has 1 saturated carbocycles. The number of aliphatic hydroxyl groups is 1. The molecule has 0 bridgehead atoms. The predicted octanol–water partition coefficient (Wildman–Crippen LogP) is 3.28. The quantitative estimate of drug-likeness (QED) is 0.587. The molecule has 0 aliphatic heterocycles. The van der Waals surface area contributed by atoms with E-state index < -0.39 is 5.60 Å². The van der Waals surface area contributed by atoms with Gasteiger partial charge in [-0.3, -0.25) is 0 Å². The van der Waals surface area contributed by atoms with Gasteiger partial charge in [0.05, 0.1) is 5.60 Å². The third-order valence-electron chi connectivity index (χ3n) is 4.69. The van der Waals surface area contributed by atoms with Crippen molar-refractivity contribution in [3.05, 3.63) is 11.6 Å². The molecule has 0 unspecified atom stereocenters. The fourth-order valence-electron chi connectivity index (χ4n) is 3.49. The van der Waals surface area contributed by atoms with E-state index in [4.69, 9.17) is 0 Å². The molecule has 1 nitrogen and oxygen atoms in total. The van der Waals surface area contributed by atoms with Crippen LogP contribution in [0.1, 0.15) is 53.4 Å². The minimum atomic E-state index is -0.514. The summed E-state index contributed by atoms with van der Waals surface area (Å²) in [6.45, 7) is 8.87. The summed E-state index contributed by atoms with van der Waals surface area (Å²) in [6, 6.07) is 0. The second kappa shape index (κ2) is 2.63. The molecule has 0 saturated heterocycles. The summed E-state index contributed by atoms with van der Waals surface area (Å²) >= 11 is 0. The van der Waals surface area contributed by atoms with Gasteiger partial charge < -0.3 is 5.11 Å². The normalized spacial score (nSPS) is 45.9. The zero-order valence-corrected chi connectivity index (χ0v) is 9.85. The van der Waals surface area contributed by atoms with E-state index in [-0.39, 0.29) is 5.41 Å². The summed E-state index contributed by atoms with van der Waals surface area (Å²) in [5.41, 5.74) is 1.32. The standard InChI is InChI=1S/C13H22O/c1-11(2)7-5-8-12(3)10(11)6-9-13(12,4)14/h6,14H,5,7-9H2,1-4H3/t12-,13-/m0/s1. The monoisotopic (exact) mass is 194 g/mol. The van der Waals surface area contributed by atoms with Crippen LogP contribution in [0.15, 0.2) is 11.6 Å². The second-order valence-electron chi connectivity index (χ2n) is 6.17. The SMILES string of the molecule is CC1(C)CCC[C@@]2(C)C1=CC[C@]2(C)O. The van der Waals surface area contributed by atoms with Crippen molar-refractivity contribution in [2.75, 3.05) is 0 Å². The molecule has 0 heterocycles. The Kier molecular flexibility index (Phi) is 1.92. The molecular formula is C13H22O. The first-order valence-electron chi connectivity index (χ1n) is 5.73. The summed E-state index contributed by atoms with van der Waals surface area (Å²) in [6.07, 6.45) is 6.79. The first kappa shape index (κ1) is 10.2. The van der Waals surface area contributed by atoms with Crippen molar-refractivity contribution in [3.8, 4) is 0 Å². The van der Waals surface area contributed by atoms with Gasteiger partial charge >= 0.3 is 0 Å². The van der Waals surface area contributed by atoms with E-state index in [2.05, 4.69) is 26.8 Å². The van der Waals surface area contributed by atoms with Crippen LogP contribution in [0.2, 0.25) is 0 Å². The van der Waals surface area contributed by atoms with Crippen LogP contribution in [0.3, 0.4) is 0 Å². The smallest absolute Gasteiger partial charge is 0.0744 e. The van der Waals surface area contributed by atoms with Crippen LogP contribution in [0, 0.1) is 10.8 Å². The summed E-state index contributed by atoms with van der Waals surface area (Å²) in [7, 11) is 0. The largest absolute Gasteiger partial charge is 0.389 e. The van der Waals surface area contributed by atoms with Crippen molar-refractivity contribution < 1.29 is 5.11 Å². The fraction of sp³-hybridized carbons (Fsp3) is 0.846. The van der Waals surface area contributed by atoms with Gasteiger partial charge in [-0.25, -0.2) is 0 Å². The molecule has 1 N–H and O–H groups in total. The Morgan fingerprint density at radius 2 is 1.79 bits per heavy atom. The Bertz CT molecular complexity index is 286. The van der Waals surface area contributed by atoms with Gasteiger partial charge in [0.15, 0.2) is 0 Å². The van der Waals surface area contributed by atoms with Gasteiger partial charge in [-0.15, -0.1) is 0 Å². The van der Waals surface area contributed by atoms with Crippen LogP contribution in [-0.4, -0.2) is 10.7 Å². The number of hydrogen-bond donors (Lipinski definition) is 1. The highest BCUT2D eigenvalue weighted by atomic mass is 16.3. The van der Waals surface area contributed by atoms with Crippen LogP contribution >= 0.6 is 0 Å². The van der Waals surface area contributed by atoms with Crippen molar-refractivity contribution in [2.24, 2.45) is 10.8 Å². The lowest BCUT2D eigenvalue weighted by Gasteiger charge is -2.49. The first-order valence-corrected chi connectivity index (χ1v) is 5.73. The lowest BCUT2D eigenvalue weighted by molar-refractivity contribution is -0.0480. The van der Waals surface area contributed by atoms with Crippen LogP contribution in [-0.2, 0) is 0 Å². The minimum Gasteiger partial charge on any atom is -0.389 e. The molecule has 2 aliphatic rings. The Labute approximate surface area is 87.2 Å². The van der Waals surface area contributed by atoms with E-state index >= 15 is 0 Å². The lowest BCUT2D eigenvalue weighted by atomic mass is 9.58. The van der Waals surface area contributed by atoms with Crippen molar-refractivity contribution in [3.63, 3.8) is 0 Å². The van der Waals surface area contributed by atoms with Gasteiger partial charge in [0.2, 0.25) is 0 Å². The third kappa shape index (κ3) is 1.11. The molecule has 1 fully saturated rings. The topological polar surface area (TPSA) is 20.2 Å². The minimum absolute atomic E-state index is 0.0365. The van der Waals surface area contributed by atoms with Crippen LogP contribution in [0.4, 0.5) is 0 Å². The van der Waals surface area contributed by atoms with E-state index in [1.54, 1.807) is 0 Å².